The van der Waals surface area contributed by atoms with Crippen molar-refractivity contribution in [1.82, 2.24) is 14.9 Å². The summed E-state index contributed by atoms with van der Waals surface area (Å²) in [6, 6.07) is 6.93. The monoisotopic (exact) mass is 422 g/mol. The van der Waals surface area contributed by atoms with Crippen LogP contribution < -0.4 is 4.90 Å². The molecule has 6 heteroatoms. The minimum atomic E-state index is -0.331. The van der Waals surface area contributed by atoms with Crippen molar-refractivity contribution in [2.45, 2.75) is 38.7 Å². The van der Waals surface area contributed by atoms with E-state index >= 15 is 0 Å². The van der Waals surface area contributed by atoms with Crippen LogP contribution in [0.25, 0.3) is 0 Å². The van der Waals surface area contributed by atoms with Crippen molar-refractivity contribution in [3.63, 3.8) is 0 Å². The maximum atomic E-state index is 14.4. The van der Waals surface area contributed by atoms with E-state index in [1.807, 2.05) is 26.0 Å². The van der Waals surface area contributed by atoms with Gasteiger partial charge in [0.15, 0.2) is 0 Å². The van der Waals surface area contributed by atoms with Crippen molar-refractivity contribution in [2.24, 2.45) is 0 Å². The predicted octanol–water partition coefficient (Wildman–Crippen LogP) is 3.62. The molecule has 31 heavy (non-hydrogen) atoms. The van der Waals surface area contributed by atoms with Crippen molar-refractivity contribution in [3.05, 3.63) is 77.0 Å². The molecule has 0 bridgehead atoms. The van der Waals surface area contributed by atoms with Crippen molar-refractivity contribution in [1.29, 1.82) is 0 Å². The maximum absolute atomic E-state index is 14.4. The number of anilines is 1. The largest absolute Gasteiger partial charge is 0.392 e. The van der Waals surface area contributed by atoms with Crippen molar-refractivity contribution in [3.8, 4) is 0 Å². The number of halogens is 1. The third-order valence-electron chi connectivity index (χ3n) is 6.04. The molecule has 1 aliphatic carbocycles. The topological polar surface area (TPSA) is 52.5 Å². The van der Waals surface area contributed by atoms with Crippen LogP contribution >= 0.6 is 0 Å². The average molecular weight is 423 g/mol. The number of aromatic nitrogens is 2. The second-order valence-corrected chi connectivity index (χ2v) is 8.53. The summed E-state index contributed by atoms with van der Waals surface area (Å²) in [4.78, 5) is 14.5. The number of nitrogens with zero attached hydrogens (tertiary/aromatic N) is 4. The Morgan fingerprint density at radius 2 is 1.90 bits per heavy atom. The Morgan fingerprint density at radius 3 is 2.58 bits per heavy atom. The molecule has 1 aliphatic heterocycles. The average Bonchev–Trinajstić information content (AvgIpc) is 2.77. The molecule has 1 aromatic heterocycles. The molecule has 1 aromatic carbocycles. The number of hydrogen-bond acceptors (Lipinski definition) is 5. The molecule has 1 fully saturated rings. The lowest BCUT2D eigenvalue weighted by Gasteiger charge is -2.37. The van der Waals surface area contributed by atoms with E-state index < -0.39 is 0 Å². The summed E-state index contributed by atoms with van der Waals surface area (Å²) < 4.78 is 14.4. The zero-order valence-corrected chi connectivity index (χ0v) is 18.3. The third kappa shape index (κ3) is 5.20. The van der Waals surface area contributed by atoms with E-state index in [1.54, 1.807) is 6.07 Å². The van der Waals surface area contributed by atoms with Crippen LogP contribution in [-0.4, -0.2) is 58.8 Å². The summed E-state index contributed by atoms with van der Waals surface area (Å²) in [5, 5.41) is 9.72. The molecule has 5 nitrogen and oxygen atoms in total. The standard InChI is InChI=1S/C25H31FN4O/c1-18(31)17-29-12-14-30(15-13-29)25-22(16-21-10-6-7-11-23(21)26)19(2)27-24(28-25)20-8-4-3-5-9-20/h3-8,10-11,18,20,31H,9,12-17H2,1-2H3. The summed E-state index contributed by atoms with van der Waals surface area (Å²) in [6.07, 6.45) is 9.43. The Balaban J connectivity index is 1.66. The first kappa shape index (κ1) is 21.7. The molecule has 0 spiro atoms. The highest BCUT2D eigenvalue weighted by Gasteiger charge is 2.25. The van der Waals surface area contributed by atoms with Gasteiger partial charge in [0.25, 0.3) is 0 Å². The van der Waals surface area contributed by atoms with Crippen LogP contribution in [0, 0.1) is 12.7 Å². The number of piperazine rings is 1. The van der Waals surface area contributed by atoms with Gasteiger partial charge in [0.2, 0.25) is 0 Å². The van der Waals surface area contributed by atoms with E-state index in [1.165, 1.54) is 6.07 Å². The fourth-order valence-corrected chi connectivity index (χ4v) is 4.36. The predicted molar refractivity (Wildman–Crippen MR) is 122 cm³/mol. The highest BCUT2D eigenvalue weighted by Crippen LogP contribution is 2.30. The number of benzene rings is 1. The molecule has 1 saturated heterocycles. The normalized spacial score (nSPS) is 20.3. The zero-order valence-electron chi connectivity index (χ0n) is 18.3. The van der Waals surface area contributed by atoms with Crippen LogP contribution in [0.1, 0.15) is 41.9 Å². The van der Waals surface area contributed by atoms with E-state index in [9.17, 15) is 9.50 Å². The molecule has 2 atom stereocenters. The fourth-order valence-electron chi connectivity index (χ4n) is 4.36. The van der Waals surface area contributed by atoms with Crippen LogP contribution in [0.2, 0.25) is 0 Å². The zero-order chi connectivity index (χ0) is 21.8. The van der Waals surface area contributed by atoms with Crippen LogP contribution in [0.3, 0.4) is 0 Å². The molecule has 4 rings (SSSR count). The number of allylic oxidation sites excluding steroid dienone is 4. The smallest absolute Gasteiger partial charge is 0.138 e. The van der Waals surface area contributed by atoms with E-state index in [-0.39, 0.29) is 17.8 Å². The number of rotatable bonds is 6. The quantitative estimate of drug-likeness (QED) is 0.771. The van der Waals surface area contributed by atoms with E-state index in [0.717, 1.165) is 55.5 Å². The van der Waals surface area contributed by atoms with E-state index in [0.29, 0.717) is 18.5 Å². The van der Waals surface area contributed by atoms with Gasteiger partial charge in [0, 0.05) is 56.3 Å². The van der Waals surface area contributed by atoms with Crippen molar-refractivity contribution in [2.75, 3.05) is 37.6 Å². The van der Waals surface area contributed by atoms with Gasteiger partial charge >= 0.3 is 0 Å². The number of aryl methyl sites for hydroxylation is 1. The van der Waals surface area contributed by atoms with Gasteiger partial charge in [0.05, 0.1) is 6.10 Å². The molecular formula is C25H31FN4O. The fraction of sp³-hybridized carbons (Fsp3) is 0.440. The Labute approximate surface area is 183 Å². The Morgan fingerprint density at radius 1 is 1.13 bits per heavy atom. The molecule has 2 heterocycles. The second kappa shape index (κ2) is 9.71. The number of aliphatic hydroxyl groups is 1. The van der Waals surface area contributed by atoms with Crippen LogP contribution in [0.15, 0.2) is 48.6 Å². The molecule has 0 radical (unpaired) electrons. The highest BCUT2D eigenvalue weighted by molar-refractivity contribution is 5.52. The van der Waals surface area contributed by atoms with Crippen LogP contribution in [0.5, 0.6) is 0 Å². The first-order chi connectivity index (χ1) is 15.0. The first-order valence-electron chi connectivity index (χ1n) is 11.1. The number of β-amino-alcohol motifs (C(OH)–C–C–N with tert-alkyl or cyclic N) is 1. The molecule has 1 N–H and O–H groups in total. The lowest BCUT2D eigenvalue weighted by molar-refractivity contribution is 0.122. The lowest BCUT2D eigenvalue weighted by atomic mass is 9.98. The minimum absolute atomic E-state index is 0.168. The van der Waals surface area contributed by atoms with Crippen molar-refractivity contribution < 1.29 is 9.50 Å². The lowest BCUT2D eigenvalue weighted by Crippen LogP contribution is -2.49. The maximum Gasteiger partial charge on any atom is 0.138 e. The first-order valence-corrected chi connectivity index (χ1v) is 11.1. The Hall–Kier alpha value is -2.57. The minimum Gasteiger partial charge on any atom is -0.392 e. The van der Waals surface area contributed by atoms with Gasteiger partial charge in [-0.05, 0) is 31.9 Å². The van der Waals surface area contributed by atoms with Crippen LogP contribution in [0.4, 0.5) is 10.2 Å². The van der Waals surface area contributed by atoms with Gasteiger partial charge in [-0.3, -0.25) is 4.90 Å². The van der Waals surface area contributed by atoms with Gasteiger partial charge in [0.1, 0.15) is 17.5 Å². The Kier molecular flexibility index (Phi) is 6.78. The van der Waals surface area contributed by atoms with Gasteiger partial charge in [-0.1, -0.05) is 42.5 Å². The van der Waals surface area contributed by atoms with Crippen molar-refractivity contribution >= 4 is 5.82 Å². The molecular weight excluding hydrogens is 391 g/mol. The number of hydrogen-bond donors (Lipinski definition) is 1. The van der Waals surface area contributed by atoms with Gasteiger partial charge in [-0.15, -0.1) is 0 Å². The molecule has 2 aliphatic rings. The molecule has 2 aromatic rings. The summed E-state index contributed by atoms with van der Waals surface area (Å²) in [7, 11) is 0. The highest BCUT2D eigenvalue weighted by atomic mass is 19.1. The third-order valence-corrected chi connectivity index (χ3v) is 6.04. The SMILES string of the molecule is Cc1nc(C2C=CC=CC2)nc(N2CCN(CC(C)O)CC2)c1Cc1ccccc1F. The summed E-state index contributed by atoms with van der Waals surface area (Å²) in [6.45, 7) is 7.91. The van der Waals surface area contributed by atoms with Gasteiger partial charge in [-0.2, -0.15) is 0 Å². The van der Waals surface area contributed by atoms with Gasteiger partial charge in [-0.25, -0.2) is 14.4 Å². The molecule has 0 amide bonds. The second-order valence-electron chi connectivity index (χ2n) is 8.53. The van der Waals surface area contributed by atoms with Crippen LogP contribution in [-0.2, 0) is 6.42 Å². The number of aliphatic hydroxyl groups excluding tert-OH is 1. The molecule has 0 saturated carbocycles. The molecule has 164 valence electrons. The summed E-state index contributed by atoms with van der Waals surface area (Å²) in [5.41, 5.74) is 2.57. The summed E-state index contributed by atoms with van der Waals surface area (Å²) in [5.74, 6) is 1.72. The van der Waals surface area contributed by atoms with E-state index in [2.05, 4.69) is 34.1 Å². The van der Waals surface area contributed by atoms with Gasteiger partial charge < -0.3 is 10.0 Å². The Bertz CT molecular complexity index is 964. The van der Waals surface area contributed by atoms with E-state index in [4.69, 9.17) is 9.97 Å². The molecule has 2 unspecified atom stereocenters. The summed E-state index contributed by atoms with van der Waals surface area (Å²) >= 11 is 0.